The highest BCUT2D eigenvalue weighted by Gasteiger charge is 2.28. The first-order valence-corrected chi connectivity index (χ1v) is 6.79. The Balaban J connectivity index is 1.94. The number of carbonyl (C=O) groups excluding carboxylic acids is 1. The van der Waals surface area contributed by atoms with Gasteiger partial charge in [-0.05, 0) is 37.7 Å². The number of likely N-dealkylation sites (tertiary alicyclic amines) is 1. The zero-order valence-electron chi connectivity index (χ0n) is 11.8. The lowest BCUT2D eigenvalue weighted by atomic mass is 10.1. The average Bonchev–Trinajstić information content (AvgIpc) is 2.72. The van der Waals surface area contributed by atoms with Gasteiger partial charge in [0, 0.05) is 26.1 Å². The monoisotopic (exact) mass is 261 g/mol. The van der Waals surface area contributed by atoms with Crippen molar-refractivity contribution in [3.05, 3.63) is 35.4 Å². The van der Waals surface area contributed by atoms with E-state index in [2.05, 4.69) is 43.3 Å². The normalized spacial score (nSPS) is 19.5. The van der Waals surface area contributed by atoms with E-state index in [1.807, 2.05) is 4.90 Å². The second-order valence-corrected chi connectivity index (χ2v) is 5.63. The highest BCUT2D eigenvalue weighted by Crippen LogP contribution is 2.19. The lowest BCUT2D eigenvalue weighted by Crippen LogP contribution is -2.25. The van der Waals surface area contributed by atoms with Crippen LogP contribution in [0.1, 0.15) is 17.5 Å². The maximum absolute atomic E-state index is 11.8. The van der Waals surface area contributed by atoms with E-state index in [1.165, 1.54) is 11.1 Å². The molecule has 0 bridgehead atoms. The first-order valence-electron chi connectivity index (χ1n) is 6.79. The molecule has 0 saturated carbocycles. The van der Waals surface area contributed by atoms with Crippen molar-refractivity contribution in [3.8, 4) is 0 Å². The molecule has 1 amide bonds. The first-order chi connectivity index (χ1) is 9.08. The number of hydrogen-bond acceptors (Lipinski definition) is 3. The van der Waals surface area contributed by atoms with Gasteiger partial charge in [0.2, 0.25) is 5.91 Å². The minimum Gasteiger partial charge on any atom is -0.338 e. The van der Waals surface area contributed by atoms with Gasteiger partial charge < -0.3 is 15.5 Å². The molecule has 1 fully saturated rings. The molecule has 0 spiro atoms. The molecule has 1 aliphatic rings. The summed E-state index contributed by atoms with van der Waals surface area (Å²) < 4.78 is 0. The molecule has 2 N–H and O–H groups in total. The molecule has 1 atom stereocenters. The summed E-state index contributed by atoms with van der Waals surface area (Å²) in [6.45, 7) is 3.05. The smallest absolute Gasteiger partial charge is 0.223 e. The van der Waals surface area contributed by atoms with Crippen molar-refractivity contribution in [1.82, 2.24) is 9.80 Å². The Morgan fingerprint density at radius 2 is 1.89 bits per heavy atom. The van der Waals surface area contributed by atoms with E-state index in [1.54, 1.807) is 0 Å². The Bertz CT molecular complexity index is 428. The third-order valence-electron chi connectivity index (χ3n) is 3.52. The summed E-state index contributed by atoms with van der Waals surface area (Å²) >= 11 is 0. The molecule has 1 heterocycles. The Kier molecular flexibility index (Phi) is 4.56. The van der Waals surface area contributed by atoms with Crippen molar-refractivity contribution in [3.63, 3.8) is 0 Å². The van der Waals surface area contributed by atoms with Gasteiger partial charge in [0.1, 0.15) is 0 Å². The SMILES string of the molecule is CN(C)Cc1ccc(CN2CC(CN)CC2=O)cc1. The van der Waals surface area contributed by atoms with Gasteiger partial charge in [-0.2, -0.15) is 0 Å². The molecule has 19 heavy (non-hydrogen) atoms. The van der Waals surface area contributed by atoms with Gasteiger partial charge in [0.05, 0.1) is 0 Å². The van der Waals surface area contributed by atoms with Gasteiger partial charge in [0.15, 0.2) is 0 Å². The Labute approximate surface area is 115 Å². The Hall–Kier alpha value is -1.39. The van der Waals surface area contributed by atoms with Crippen LogP contribution in [0.3, 0.4) is 0 Å². The number of hydrogen-bond donors (Lipinski definition) is 1. The van der Waals surface area contributed by atoms with Crippen molar-refractivity contribution in [2.75, 3.05) is 27.2 Å². The highest BCUT2D eigenvalue weighted by atomic mass is 16.2. The van der Waals surface area contributed by atoms with Gasteiger partial charge in [-0.3, -0.25) is 4.79 Å². The van der Waals surface area contributed by atoms with Crippen LogP contribution in [0.2, 0.25) is 0 Å². The predicted octanol–water partition coefficient (Wildman–Crippen LogP) is 1.06. The standard InChI is InChI=1S/C15H23N3O/c1-17(2)9-12-3-5-13(6-4-12)10-18-11-14(8-16)7-15(18)19/h3-6,14H,7-11,16H2,1-2H3. The summed E-state index contributed by atoms with van der Waals surface area (Å²) in [5.41, 5.74) is 8.12. The highest BCUT2D eigenvalue weighted by molar-refractivity contribution is 5.78. The quantitative estimate of drug-likeness (QED) is 0.862. The third kappa shape index (κ3) is 3.78. The van der Waals surface area contributed by atoms with E-state index in [4.69, 9.17) is 5.73 Å². The summed E-state index contributed by atoms with van der Waals surface area (Å²) in [6.07, 6.45) is 0.606. The fraction of sp³-hybridized carbons (Fsp3) is 0.533. The van der Waals surface area contributed by atoms with Crippen LogP contribution < -0.4 is 5.73 Å². The van der Waals surface area contributed by atoms with Gasteiger partial charge in [-0.15, -0.1) is 0 Å². The predicted molar refractivity (Wildman–Crippen MR) is 76.4 cm³/mol. The number of amides is 1. The molecular formula is C15H23N3O. The molecule has 2 rings (SSSR count). The van der Waals surface area contributed by atoms with Crippen LogP contribution in [0.25, 0.3) is 0 Å². The maximum atomic E-state index is 11.8. The van der Waals surface area contributed by atoms with Gasteiger partial charge in [-0.1, -0.05) is 24.3 Å². The number of benzene rings is 1. The van der Waals surface area contributed by atoms with Crippen LogP contribution in [0.4, 0.5) is 0 Å². The summed E-state index contributed by atoms with van der Waals surface area (Å²) in [4.78, 5) is 15.9. The fourth-order valence-corrected chi connectivity index (χ4v) is 2.50. The summed E-state index contributed by atoms with van der Waals surface area (Å²) in [7, 11) is 4.12. The van der Waals surface area contributed by atoms with Crippen molar-refractivity contribution < 1.29 is 4.79 Å². The molecule has 0 aromatic heterocycles. The van der Waals surface area contributed by atoms with Gasteiger partial charge in [-0.25, -0.2) is 0 Å². The van der Waals surface area contributed by atoms with Crippen LogP contribution in [0.5, 0.6) is 0 Å². The molecule has 1 aromatic rings. The molecule has 1 unspecified atom stereocenters. The summed E-state index contributed by atoms with van der Waals surface area (Å²) in [5.74, 6) is 0.563. The average molecular weight is 261 g/mol. The topological polar surface area (TPSA) is 49.6 Å². The zero-order valence-corrected chi connectivity index (χ0v) is 11.8. The Morgan fingerprint density at radius 1 is 1.26 bits per heavy atom. The van der Waals surface area contributed by atoms with Crippen molar-refractivity contribution in [2.45, 2.75) is 19.5 Å². The lowest BCUT2D eigenvalue weighted by molar-refractivity contribution is -0.128. The second kappa shape index (κ2) is 6.17. The van der Waals surface area contributed by atoms with E-state index in [0.717, 1.165) is 13.1 Å². The van der Waals surface area contributed by atoms with Crippen molar-refractivity contribution in [2.24, 2.45) is 11.7 Å². The molecule has 1 aliphatic heterocycles. The Morgan fingerprint density at radius 3 is 2.42 bits per heavy atom. The third-order valence-corrected chi connectivity index (χ3v) is 3.52. The number of rotatable bonds is 5. The number of nitrogens with two attached hydrogens (primary N) is 1. The lowest BCUT2D eigenvalue weighted by Gasteiger charge is -2.17. The van der Waals surface area contributed by atoms with Crippen LogP contribution in [-0.4, -0.2) is 42.9 Å². The van der Waals surface area contributed by atoms with E-state index < -0.39 is 0 Å². The molecule has 0 radical (unpaired) electrons. The van der Waals surface area contributed by atoms with E-state index in [9.17, 15) is 4.79 Å². The minimum absolute atomic E-state index is 0.229. The molecule has 0 aliphatic carbocycles. The van der Waals surface area contributed by atoms with Gasteiger partial charge >= 0.3 is 0 Å². The molecule has 1 aromatic carbocycles. The number of carbonyl (C=O) groups is 1. The van der Waals surface area contributed by atoms with Crippen LogP contribution >= 0.6 is 0 Å². The molecular weight excluding hydrogens is 238 g/mol. The van der Waals surface area contributed by atoms with Crippen LogP contribution in [0.15, 0.2) is 24.3 Å². The molecule has 4 nitrogen and oxygen atoms in total. The number of nitrogens with zero attached hydrogens (tertiary/aromatic N) is 2. The van der Waals surface area contributed by atoms with E-state index in [-0.39, 0.29) is 5.91 Å². The van der Waals surface area contributed by atoms with Crippen LogP contribution in [-0.2, 0) is 17.9 Å². The zero-order chi connectivity index (χ0) is 13.8. The molecule has 4 heteroatoms. The summed E-state index contributed by atoms with van der Waals surface area (Å²) in [5, 5.41) is 0. The van der Waals surface area contributed by atoms with E-state index >= 15 is 0 Å². The van der Waals surface area contributed by atoms with Crippen molar-refractivity contribution >= 4 is 5.91 Å². The van der Waals surface area contributed by atoms with Gasteiger partial charge in [0.25, 0.3) is 0 Å². The fourth-order valence-electron chi connectivity index (χ4n) is 2.50. The molecule has 1 saturated heterocycles. The largest absolute Gasteiger partial charge is 0.338 e. The van der Waals surface area contributed by atoms with Crippen molar-refractivity contribution in [1.29, 1.82) is 0 Å². The molecule has 104 valence electrons. The minimum atomic E-state index is 0.229. The second-order valence-electron chi connectivity index (χ2n) is 5.63. The maximum Gasteiger partial charge on any atom is 0.223 e. The summed E-state index contributed by atoms with van der Waals surface area (Å²) in [6, 6.07) is 8.50. The van der Waals surface area contributed by atoms with E-state index in [0.29, 0.717) is 25.4 Å². The van der Waals surface area contributed by atoms with Crippen LogP contribution in [0, 0.1) is 5.92 Å². The first kappa shape index (κ1) is 14.0.